The summed E-state index contributed by atoms with van der Waals surface area (Å²) >= 11 is 8.12. The van der Waals surface area contributed by atoms with E-state index in [4.69, 9.17) is 15.2 Å². The first-order chi connectivity index (χ1) is 12.0. The minimum Gasteiger partial charge on any atom is -0.462 e. The number of esters is 1. The molecule has 6 nitrogen and oxygen atoms in total. The molecule has 25 heavy (non-hydrogen) atoms. The molecule has 0 bridgehead atoms. The first kappa shape index (κ1) is 18.9. The van der Waals surface area contributed by atoms with E-state index in [1.165, 1.54) is 0 Å². The van der Waals surface area contributed by atoms with Gasteiger partial charge in [-0.2, -0.15) is 5.10 Å². The van der Waals surface area contributed by atoms with Gasteiger partial charge in [0.15, 0.2) is 5.11 Å². The number of nitrogens with one attached hydrogen (secondary N) is 1. The summed E-state index contributed by atoms with van der Waals surface area (Å²) in [6, 6.07) is 12.2. The average Bonchev–Trinajstić information content (AvgIpc) is 2.57. The molecule has 2 aromatic rings. The summed E-state index contributed by atoms with van der Waals surface area (Å²) in [6.45, 7) is 2.11. The van der Waals surface area contributed by atoms with Crippen LogP contribution in [0.3, 0.4) is 0 Å². The molecule has 0 fully saturated rings. The van der Waals surface area contributed by atoms with Gasteiger partial charge in [0.25, 0.3) is 0 Å². The van der Waals surface area contributed by atoms with Crippen molar-refractivity contribution in [3.63, 3.8) is 0 Å². The van der Waals surface area contributed by atoms with Crippen LogP contribution < -0.4 is 15.9 Å². The van der Waals surface area contributed by atoms with Crippen LogP contribution in [0.25, 0.3) is 0 Å². The molecule has 0 unspecified atom stereocenters. The lowest BCUT2D eigenvalue weighted by Crippen LogP contribution is -2.24. The van der Waals surface area contributed by atoms with Gasteiger partial charge in [0, 0.05) is 10.0 Å². The number of rotatable bonds is 6. The highest BCUT2D eigenvalue weighted by molar-refractivity contribution is 9.10. The molecule has 0 aliphatic heterocycles. The molecule has 0 radical (unpaired) electrons. The van der Waals surface area contributed by atoms with Crippen LogP contribution in [0.15, 0.2) is 52.0 Å². The van der Waals surface area contributed by atoms with E-state index in [-0.39, 0.29) is 11.1 Å². The largest absolute Gasteiger partial charge is 0.462 e. The summed E-state index contributed by atoms with van der Waals surface area (Å²) in [5, 5.41) is 4.00. The fourth-order valence-corrected chi connectivity index (χ4v) is 2.36. The molecule has 0 heterocycles. The molecule has 0 spiro atoms. The fourth-order valence-electron chi connectivity index (χ4n) is 1.85. The highest BCUT2D eigenvalue weighted by Gasteiger charge is 2.07. The molecule has 0 saturated carbocycles. The maximum absolute atomic E-state index is 11.6. The van der Waals surface area contributed by atoms with Crippen LogP contribution in [0.2, 0.25) is 0 Å². The summed E-state index contributed by atoms with van der Waals surface area (Å²) in [6.07, 6.45) is 1.58. The Morgan fingerprint density at radius 1 is 1.28 bits per heavy atom. The zero-order valence-corrected chi connectivity index (χ0v) is 15.8. The quantitative estimate of drug-likeness (QED) is 0.320. The number of ether oxygens (including phenoxy) is 2. The monoisotopic (exact) mass is 421 g/mol. The number of hydrogen-bond donors (Lipinski definition) is 2. The van der Waals surface area contributed by atoms with Crippen molar-refractivity contribution in [2.24, 2.45) is 10.8 Å². The number of carbonyl (C=O) groups excluding carboxylic acids is 1. The number of nitrogens with two attached hydrogens (primary N) is 1. The second-order valence-electron chi connectivity index (χ2n) is 4.76. The predicted molar refractivity (Wildman–Crippen MR) is 104 cm³/mol. The molecule has 0 atom stereocenters. The number of nitrogens with zero attached hydrogens (tertiary/aromatic N) is 1. The molecule has 0 amide bonds. The number of hydrogen-bond acceptors (Lipinski definition) is 5. The lowest BCUT2D eigenvalue weighted by Gasteiger charge is -2.08. The van der Waals surface area contributed by atoms with E-state index >= 15 is 0 Å². The Morgan fingerprint density at radius 3 is 2.56 bits per heavy atom. The van der Waals surface area contributed by atoms with E-state index in [9.17, 15) is 4.79 Å². The summed E-state index contributed by atoms with van der Waals surface area (Å²) in [5.41, 5.74) is 9.09. The van der Waals surface area contributed by atoms with Gasteiger partial charge < -0.3 is 15.2 Å². The van der Waals surface area contributed by atoms with Gasteiger partial charge in [-0.05, 0) is 77.5 Å². The SMILES string of the molecule is CCOC(=O)c1ccc(Oc2ccc(C=NNC(N)=S)c(Br)c2)cc1. The molecule has 2 aromatic carbocycles. The molecule has 130 valence electrons. The van der Waals surface area contributed by atoms with Crippen LogP contribution in [0.1, 0.15) is 22.8 Å². The second-order valence-corrected chi connectivity index (χ2v) is 6.06. The van der Waals surface area contributed by atoms with E-state index < -0.39 is 0 Å². The van der Waals surface area contributed by atoms with Crippen LogP contribution in [-0.4, -0.2) is 23.9 Å². The first-order valence-corrected chi connectivity index (χ1v) is 8.53. The molecular weight excluding hydrogens is 406 g/mol. The molecule has 8 heteroatoms. The number of carbonyl (C=O) groups is 1. The minimum absolute atomic E-state index is 0.0959. The van der Waals surface area contributed by atoms with Gasteiger partial charge in [0.2, 0.25) is 0 Å². The van der Waals surface area contributed by atoms with Crippen molar-refractivity contribution in [1.82, 2.24) is 5.43 Å². The van der Waals surface area contributed by atoms with Crippen LogP contribution in [0.5, 0.6) is 11.5 Å². The van der Waals surface area contributed by atoms with Crippen LogP contribution in [0, 0.1) is 0 Å². The van der Waals surface area contributed by atoms with Crippen molar-refractivity contribution in [3.05, 3.63) is 58.1 Å². The first-order valence-electron chi connectivity index (χ1n) is 7.32. The summed E-state index contributed by atoms with van der Waals surface area (Å²) in [4.78, 5) is 11.6. The van der Waals surface area contributed by atoms with Crippen molar-refractivity contribution in [3.8, 4) is 11.5 Å². The summed E-state index contributed by atoms with van der Waals surface area (Å²) in [7, 11) is 0. The third kappa shape index (κ3) is 5.84. The highest BCUT2D eigenvalue weighted by atomic mass is 79.9. The predicted octanol–water partition coefficient (Wildman–Crippen LogP) is 3.59. The van der Waals surface area contributed by atoms with Gasteiger partial charge in [-0.25, -0.2) is 4.79 Å². The molecule has 0 aliphatic carbocycles. The van der Waals surface area contributed by atoms with Crippen molar-refractivity contribution in [2.75, 3.05) is 6.61 Å². The molecule has 0 aromatic heterocycles. The molecule has 0 saturated heterocycles. The van der Waals surface area contributed by atoms with E-state index in [1.807, 2.05) is 6.07 Å². The Balaban J connectivity index is 2.05. The maximum Gasteiger partial charge on any atom is 0.338 e. The summed E-state index contributed by atoms with van der Waals surface area (Å²) < 4.78 is 11.5. The van der Waals surface area contributed by atoms with Crippen molar-refractivity contribution in [1.29, 1.82) is 0 Å². The summed E-state index contributed by atoms with van der Waals surface area (Å²) in [5.74, 6) is 0.887. The number of thiocarbonyl (C=S) groups is 1. The second kappa shape index (κ2) is 9.14. The average molecular weight is 422 g/mol. The standard InChI is InChI=1S/C17H16BrN3O3S/c1-2-23-16(22)11-3-6-13(7-4-11)24-14-8-5-12(15(18)9-14)10-20-21-17(19)25/h3-10H,2H2,1H3,(H3,19,21,25). The number of hydrazone groups is 1. The lowest BCUT2D eigenvalue weighted by atomic mass is 10.2. The van der Waals surface area contributed by atoms with Gasteiger partial charge in [-0.15, -0.1) is 0 Å². The van der Waals surface area contributed by atoms with E-state index in [0.717, 1.165) is 10.0 Å². The molecule has 2 rings (SSSR count). The lowest BCUT2D eigenvalue weighted by molar-refractivity contribution is 0.0526. The fraction of sp³-hybridized carbons (Fsp3) is 0.118. The van der Waals surface area contributed by atoms with Gasteiger partial charge in [-0.3, -0.25) is 5.43 Å². The van der Waals surface area contributed by atoms with E-state index in [1.54, 1.807) is 49.5 Å². The van der Waals surface area contributed by atoms with E-state index in [0.29, 0.717) is 23.7 Å². The van der Waals surface area contributed by atoms with Crippen molar-refractivity contribution < 1.29 is 14.3 Å². The van der Waals surface area contributed by atoms with Gasteiger partial charge >= 0.3 is 5.97 Å². The van der Waals surface area contributed by atoms with Crippen LogP contribution >= 0.6 is 28.1 Å². The van der Waals surface area contributed by atoms with E-state index in [2.05, 4.69) is 38.7 Å². The Morgan fingerprint density at radius 2 is 1.96 bits per heavy atom. The number of halogens is 1. The Hall–Kier alpha value is -2.45. The topological polar surface area (TPSA) is 85.9 Å². The zero-order valence-electron chi connectivity index (χ0n) is 13.4. The van der Waals surface area contributed by atoms with Crippen molar-refractivity contribution >= 4 is 45.4 Å². The highest BCUT2D eigenvalue weighted by Crippen LogP contribution is 2.26. The molecule has 0 aliphatic rings. The van der Waals surface area contributed by atoms with Crippen molar-refractivity contribution in [2.45, 2.75) is 6.92 Å². The van der Waals surface area contributed by atoms with Gasteiger partial charge in [0.05, 0.1) is 18.4 Å². The molecule has 3 N–H and O–H groups in total. The normalized spacial score (nSPS) is 10.5. The molecular formula is C17H16BrN3O3S. The maximum atomic E-state index is 11.6. The zero-order chi connectivity index (χ0) is 18.2. The smallest absolute Gasteiger partial charge is 0.338 e. The minimum atomic E-state index is -0.356. The third-order valence-corrected chi connectivity index (χ3v) is 3.73. The Bertz CT molecular complexity index is 794. The Labute approximate surface area is 159 Å². The Kier molecular flexibility index (Phi) is 6.91. The number of benzene rings is 2. The van der Waals surface area contributed by atoms with Crippen LogP contribution in [-0.2, 0) is 4.74 Å². The van der Waals surface area contributed by atoms with Gasteiger partial charge in [-0.1, -0.05) is 0 Å². The third-order valence-electron chi connectivity index (χ3n) is 2.95. The van der Waals surface area contributed by atoms with Crippen LogP contribution in [0.4, 0.5) is 0 Å². The van der Waals surface area contributed by atoms with Gasteiger partial charge in [0.1, 0.15) is 11.5 Å².